The first kappa shape index (κ1) is 12.5. The summed E-state index contributed by atoms with van der Waals surface area (Å²) in [5, 5.41) is 0. The lowest BCUT2D eigenvalue weighted by Crippen LogP contribution is -2.55. The van der Waals surface area contributed by atoms with Crippen molar-refractivity contribution in [2.75, 3.05) is 32.7 Å². The second kappa shape index (κ2) is 6.08. The Hall–Kier alpha value is -0.610. The zero-order valence-electron chi connectivity index (χ0n) is 9.91. The Morgan fingerprint density at radius 2 is 2.00 bits per heavy atom. The molecular formula is C11H23N3O. The van der Waals surface area contributed by atoms with Gasteiger partial charge in [-0.15, -0.1) is 0 Å². The van der Waals surface area contributed by atoms with Crippen molar-refractivity contribution in [3.05, 3.63) is 0 Å². The highest BCUT2D eigenvalue weighted by molar-refractivity contribution is 5.76. The van der Waals surface area contributed by atoms with Gasteiger partial charge in [0.05, 0.1) is 0 Å². The van der Waals surface area contributed by atoms with E-state index in [9.17, 15) is 4.79 Å². The topological polar surface area (TPSA) is 49.6 Å². The number of carbonyl (C=O) groups excluding carboxylic acids is 1. The Kier molecular flexibility index (Phi) is 5.05. The van der Waals surface area contributed by atoms with Crippen LogP contribution >= 0.6 is 0 Å². The second-order valence-corrected chi connectivity index (χ2v) is 4.19. The van der Waals surface area contributed by atoms with Gasteiger partial charge in [-0.2, -0.15) is 0 Å². The van der Waals surface area contributed by atoms with E-state index in [4.69, 9.17) is 5.73 Å². The number of amides is 1. The Morgan fingerprint density at radius 3 is 2.47 bits per heavy atom. The number of carbonyl (C=O) groups is 1. The van der Waals surface area contributed by atoms with Gasteiger partial charge in [-0.05, 0) is 26.8 Å². The van der Waals surface area contributed by atoms with Crippen molar-refractivity contribution in [3.8, 4) is 0 Å². The van der Waals surface area contributed by atoms with Crippen LogP contribution in [0.1, 0.15) is 26.7 Å². The maximum absolute atomic E-state index is 11.6. The number of nitrogens with two attached hydrogens (primary N) is 1. The van der Waals surface area contributed by atoms with Gasteiger partial charge in [0, 0.05) is 38.6 Å². The molecule has 0 bridgehead atoms. The van der Waals surface area contributed by atoms with Gasteiger partial charge in [0.1, 0.15) is 0 Å². The molecule has 88 valence electrons. The summed E-state index contributed by atoms with van der Waals surface area (Å²) in [4.78, 5) is 15.8. The molecule has 1 fully saturated rings. The Labute approximate surface area is 92.4 Å². The molecule has 0 aliphatic carbocycles. The van der Waals surface area contributed by atoms with Crippen molar-refractivity contribution in [1.82, 2.24) is 9.80 Å². The van der Waals surface area contributed by atoms with E-state index < -0.39 is 0 Å². The van der Waals surface area contributed by atoms with E-state index in [2.05, 4.69) is 4.90 Å². The zero-order chi connectivity index (χ0) is 11.3. The number of nitrogens with zero attached hydrogens (tertiary/aromatic N) is 2. The molecule has 0 aromatic carbocycles. The largest absolute Gasteiger partial charge is 0.343 e. The molecule has 0 aromatic heterocycles. The number of hydrogen-bond acceptors (Lipinski definition) is 3. The van der Waals surface area contributed by atoms with Gasteiger partial charge < -0.3 is 15.5 Å². The van der Waals surface area contributed by atoms with E-state index in [1.165, 1.54) is 0 Å². The van der Waals surface area contributed by atoms with Gasteiger partial charge in [-0.25, -0.2) is 0 Å². The highest BCUT2D eigenvalue weighted by Gasteiger charge is 2.22. The fraction of sp³-hybridized carbons (Fsp3) is 0.909. The first-order valence-corrected chi connectivity index (χ1v) is 5.93. The molecule has 4 nitrogen and oxygen atoms in total. The average molecular weight is 213 g/mol. The van der Waals surface area contributed by atoms with E-state index in [1.54, 1.807) is 0 Å². The zero-order valence-corrected chi connectivity index (χ0v) is 9.91. The molecule has 1 aliphatic heterocycles. The number of rotatable bonds is 6. The van der Waals surface area contributed by atoms with Crippen LogP contribution in [0.3, 0.4) is 0 Å². The van der Waals surface area contributed by atoms with Crippen LogP contribution in [-0.2, 0) is 4.79 Å². The van der Waals surface area contributed by atoms with Gasteiger partial charge in [0.25, 0.3) is 0 Å². The quantitative estimate of drug-likeness (QED) is 0.689. The van der Waals surface area contributed by atoms with Crippen molar-refractivity contribution in [2.45, 2.75) is 32.7 Å². The number of hydrogen-bond donors (Lipinski definition) is 1. The Bertz CT molecular complexity index is 198. The molecule has 1 saturated heterocycles. The molecule has 0 atom stereocenters. The van der Waals surface area contributed by atoms with Crippen LogP contribution in [0.4, 0.5) is 0 Å². The summed E-state index contributed by atoms with van der Waals surface area (Å²) in [6.07, 6.45) is 1.63. The molecule has 0 saturated carbocycles. The third-order valence-electron chi connectivity index (χ3n) is 2.97. The molecule has 1 heterocycles. The first-order valence-electron chi connectivity index (χ1n) is 5.93. The summed E-state index contributed by atoms with van der Waals surface area (Å²) >= 11 is 0. The minimum absolute atomic E-state index is 0.282. The van der Waals surface area contributed by atoms with Gasteiger partial charge >= 0.3 is 0 Å². The summed E-state index contributed by atoms with van der Waals surface area (Å²) in [6.45, 7) is 8.71. The van der Waals surface area contributed by atoms with E-state index in [1.807, 2.05) is 18.7 Å². The third kappa shape index (κ3) is 3.80. The van der Waals surface area contributed by atoms with Crippen molar-refractivity contribution in [3.63, 3.8) is 0 Å². The lowest BCUT2D eigenvalue weighted by Gasteiger charge is -2.36. The predicted octanol–water partition coefficient (Wildman–Crippen LogP) is 0.278. The van der Waals surface area contributed by atoms with Gasteiger partial charge in [-0.3, -0.25) is 4.79 Å². The maximum atomic E-state index is 11.6. The molecule has 0 unspecified atom stereocenters. The maximum Gasteiger partial charge on any atom is 0.222 e. The fourth-order valence-electron chi connectivity index (χ4n) is 1.98. The smallest absolute Gasteiger partial charge is 0.222 e. The molecule has 4 heteroatoms. The van der Waals surface area contributed by atoms with Crippen LogP contribution < -0.4 is 5.73 Å². The fourth-order valence-corrected chi connectivity index (χ4v) is 1.98. The lowest BCUT2D eigenvalue weighted by atomic mass is 10.1. The Morgan fingerprint density at radius 1 is 1.40 bits per heavy atom. The van der Waals surface area contributed by atoms with Crippen molar-refractivity contribution in [1.29, 1.82) is 0 Å². The minimum atomic E-state index is 0.282. The van der Waals surface area contributed by atoms with Crippen LogP contribution in [0.5, 0.6) is 0 Å². The summed E-state index contributed by atoms with van der Waals surface area (Å²) in [7, 11) is 0. The van der Waals surface area contributed by atoms with Crippen LogP contribution in [0.25, 0.3) is 0 Å². The van der Waals surface area contributed by atoms with Crippen LogP contribution in [0, 0.1) is 0 Å². The highest BCUT2D eigenvalue weighted by atomic mass is 16.2. The monoisotopic (exact) mass is 213 g/mol. The molecule has 0 spiro atoms. The summed E-state index contributed by atoms with van der Waals surface area (Å²) < 4.78 is 0. The van der Waals surface area contributed by atoms with Gasteiger partial charge in [0.2, 0.25) is 5.91 Å². The minimum Gasteiger partial charge on any atom is -0.343 e. The molecule has 1 amide bonds. The van der Waals surface area contributed by atoms with Crippen molar-refractivity contribution < 1.29 is 4.79 Å². The molecule has 0 radical (unpaired) electrons. The first-order chi connectivity index (χ1) is 7.17. The summed E-state index contributed by atoms with van der Waals surface area (Å²) in [6, 6.07) is 0.364. The Balaban J connectivity index is 2.06. The highest BCUT2D eigenvalue weighted by Crippen LogP contribution is 2.07. The third-order valence-corrected chi connectivity index (χ3v) is 2.97. The summed E-state index contributed by atoms with van der Waals surface area (Å²) in [5.74, 6) is 0.282. The number of likely N-dealkylation sites (tertiary alicyclic amines) is 1. The van der Waals surface area contributed by atoms with Crippen LogP contribution in [-0.4, -0.2) is 54.5 Å². The van der Waals surface area contributed by atoms with E-state index in [-0.39, 0.29) is 5.91 Å². The lowest BCUT2D eigenvalue weighted by molar-refractivity contribution is -0.131. The van der Waals surface area contributed by atoms with Crippen molar-refractivity contribution >= 4 is 5.91 Å². The van der Waals surface area contributed by atoms with E-state index >= 15 is 0 Å². The second-order valence-electron chi connectivity index (χ2n) is 4.19. The SMILES string of the molecule is CCN(CC)C(=O)CCCN1CC(N)C1. The van der Waals surface area contributed by atoms with Crippen LogP contribution in [0.2, 0.25) is 0 Å². The van der Waals surface area contributed by atoms with E-state index in [0.717, 1.165) is 39.1 Å². The van der Waals surface area contributed by atoms with Crippen molar-refractivity contribution in [2.24, 2.45) is 5.73 Å². The molecule has 1 rings (SSSR count). The molecule has 15 heavy (non-hydrogen) atoms. The van der Waals surface area contributed by atoms with E-state index in [0.29, 0.717) is 12.5 Å². The van der Waals surface area contributed by atoms with Crippen LogP contribution in [0.15, 0.2) is 0 Å². The summed E-state index contributed by atoms with van der Waals surface area (Å²) in [5.41, 5.74) is 5.67. The molecule has 0 aromatic rings. The molecular weight excluding hydrogens is 190 g/mol. The standard InChI is InChI=1S/C11H23N3O/c1-3-14(4-2)11(15)6-5-7-13-8-10(12)9-13/h10H,3-9,12H2,1-2H3. The normalized spacial score (nSPS) is 17.5. The van der Waals surface area contributed by atoms with Gasteiger partial charge in [0.15, 0.2) is 0 Å². The molecule has 1 aliphatic rings. The van der Waals surface area contributed by atoms with Gasteiger partial charge in [-0.1, -0.05) is 0 Å². The average Bonchev–Trinajstić information content (AvgIpc) is 2.17. The molecule has 2 N–H and O–H groups in total. The predicted molar refractivity (Wildman–Crippen MR) is 61.6 cm³/mol.